The van der Waals surface area contributed by atoms with Crippen molar-refractivity contribution in [3.63, 3.8) is 0 Å². The van der Waals surface area contributed by atoms with Crippen LogP contribution in [0.1, 0.15) is 33.1 Å². The zero-order valence-corrected chi connectivity index (χ0v) is 11.8. The van der Waals surface area contributed by atoms with Crippen molar-refractivity contribution in [1.82, 2.24) is 20.2 Å². The van der Waals surface area contributed by atoms with Crippen molar-refractivity contribution in [2.75, 3.05) is 0 Å². The zero-order chi connectivity index (χ0) is 13.4. The van der Waals surface area contributed by atoms with E-state index in [-0.39, 0.29) is 11.4 Å². The van der Waals surface area contributed by atoms with Gasteiger partial charge in [-0.3, -0.25) is 5.10 Å². The summed E-state index contributed by atoms with van der Waals surface area (Å²) >= 11 is 5.90. The van der Waals surface area contributed by atoms with Gasteiger partial charge in [-0.2, -0.15) is 15.1 Å². The number of ether oxygens (including phenoxy) is 1. The lowest BCUT2D eigenvalue weighted by molar-refractivity contribution is 0.0979. The summed E-state index contributed by atoms with van der Waals surface area (Å²) in [7, 11) is 0. The van der Waals surface area contributed by atoms with E-state index in [4.69, 9.17) is 16.3 Å². The standard InChI is InChI=1S/C13H17ClN4O/c1-7-3-4-9(5-8(7)2)19-12-10-6-15-18-11(10)16-13(14)17-12/h6-9H,3-5H2,1-2H3,(H,15,16,17,18). The Morgan fingerprint density at radius 2 is 2.11 bits per heavy atom. The predicted molar refractivity (Wildman–Crippen MR) is 73.3 cm³/mol. The maximum atomic E-state index is 6.03. The number of nitrogens with one attached hydrogen (secondary N) is 1. The Labute approximate surface area is 116 Å². The smallest absolute Gasteiger partial charge is 0.229 e. The van der Waals surface area contributed by atoms with Gasteiger partial charge in [0.05, 0.1) is 6.20 Å². The van der Waals surface area contributed by atoms with Crippen LogP contribution in [0.5, 0.6) is 5.88 Å². The number of nitrogens with zero attached hydrogens (tertiary/aromatic N) is 3. The molecule has 0 bridgehead atoms. The molecule has 3 atom stereocenters. The molecule has 2 heterocycles. The third-order valence-electron chi connectivity index (χ3n) is 4.08. The maximum absolute atomic E-state index is 6.03. The number of fused-ring (bicyclic) bond motifs is 1. The van der Waals surface area contributed by atoms with Crippen LogP contribution in [0, 0.1) is 11.8 Å². The maximum Gasteiger partial charge on any atom is 0.229 e. The van der Waals surface area contributed by atoms with E-state index in [1.165, 1.54) is 6.42 Å². The summed E-state index contributed by atoms with van der Waals surface area (Å²) in [5.74, 6) is 1.98. The van der Waals surface area contributed by atoms with Gasteiger partial charge in [0.1, 0.15) is 11.5 Å². The van der Waals surface area contributed by atoms with Crippen molar-refractivity contribution in [2.45, 2.75) is 39.2 Å². The highest BCUT2D eigenvalue weighted by Gasteiger charge is 2.26. The van der Waals surface area contributed by atoms with Crippen LogP contribution in [0.4, 0.5) is 0 Å². The van der Waals surface area contributed by atoms with Crippen LogP contribution in [0.2, 0.25) is 5.28 Å². The molecule has 0 saturated heterocycles. The number of rotatable bonds is 2. The Morgan fingerprint density at radius 1 is 1.26 bits per heavy atom. The highest BCUT2D eigenvalue weighted by atomic mass is 35.5. The van der Waals surface area contributed by atoms with Gasteiger partial charge in [-0.15, -0.1) is 0 Å². The van der Waals surface area contributed by atoms with Gasteiger partial charge in [0.25, 0.3) is 0 Å². The first kappa shape index (κ1) is 12.7. The minimum atomic E-state index is 0.184. The molecule has 2 aromatic heterocycles. The van der Waals surface area contributed by atoms with Crippen LogP contribution in [-0.4, -0.2) is 26.3 Å². The molecule has 1 N–H and O–H groups in total. The van der Waals surface area contributed by atoms with E-state index < -0.39 is 0 Å². The first-order valence-electron chi connectivity index (χ1n) is 6.66. The van der Waals surface area contributed by atoms with Gasteiger partial charge in [-0.25, -0.2) is 0 Å². The van der Waals surface area contributed by atoms with Crippen LogP contribution in [0.3, 0.4) is 0 Å². The average molecular weight is 281 g/mol. The summed E-state index contributed by atoms with van der Waals surface area (Å²) in [6.07, 6.45) is 5.19. The summed E-state index contributed by atoms with van der Waals surface area (Å²) in [5.41, 5.74) is 0.618. The summed E-state index contributed by atoms with van der Waals surface area (Å²) in [5, 5.41) is 7.72. The first-order chi connectivity index (χ1) is 9.13. The lowest BCUT2D eigenvalue weighted by Gasteiger charge is -2.31. The van der Waals surface area contributed by atoms with Crippen molar-refractivity contribution < 1.29 is 4.74 Å². The number of hydrogen-bond acceptors (Lipinski definition) is 4. The Morgan fingerprint density at radius 3 is 2.89 bits per heavy atom. The third-order valence-corrected chi connectivity index (χ3v) is 4.24. The Balaban J connectivity index is 1.83. The van der Waals surface area contributed by atoms with E-state index in [0.717, 1.165) is 24.1 Å². The van der Waals surface area contributed by atoms with Crippen molar-refractivity contribution >= 4 is 22.6 Å². The quantitative estimate of drug-likeness (QED) is 0.858. The lowest BCUT2D eigenvalue weighted by atomic mass is 9.80. The van der Waals surface area contributed by atoms with Crippen LogP contribution in [0.25, 0.3) is 11.0 Å². The Hall–Kier alpha value is -1.36. The molecule has 0 amide bonds. The average Bonchev–Trinajstić information content (AvgIpc) is 2.82. The number of H-pyrrole nitrogens is 1. The molecule has 19 heavy (non-hydrogen) atoms. The van der Waals surface area contributed by atoms with Crippen molar-refractivity contribution in [1.29, 1.82) is 0 Å². The molecule has 0 radical (unpaired) electrons. The molecule has 0 aromatic carbocycles. The molecule has 6 heteroatoms. The number of halogens is 1. The van der Waals surface area contributed by atoms with Gasteiger partial charge < -0.3 is 4.74 Å². The van der Waals surface area contributed by atoms with Crippen LogP contribution >= 0.6 is 11.6 Å². The minimum Gasteiger partial charge on any atom is -0.474 e. The number of hydrogen-bond donors (Lipinski definition) is 1. The van der Waals surface area contributed by atoms with Gasteiger partial charge >= 0.3 is 0 Å². The highest BCUT2D eigenvalue weighted by Crippen LogP contribution is 2.33. The molecule has 2 aromatic rings. The molecule has 0 aliphatic heterocycles. The SMILES string of the molecule is CC1CCC(Oc2nc(Cl)nc3[nH]ncc23)CC1C. The fourth-order valence-electron chi connectivity index (χ4n) is 2.64. The van der Waals surface area contributed by atoms with Gasteiger partial charge in [-0.1, -0.05) is 13.8 Å². The fraction of sp³-hybridized carbons (Fsp3) is 0.615. The van der Waals surface area contributed by atoms with Crippen LogP contribution in [-0.2, 0) is 0 Å². The third kappa shape index (κ3) is 2.52. The second-order valence-electron chi connectivity index (χ2n) is 5.44. The van der Waals surface area contributed by atoms with Gasteiger partial charge in [-0.05, 0) is 42.7 Å². The Kier molecular flexibility index (Phi) is 3.31. The summed E-state index contributed by atoms with van der Waals surface area (Å²) in [6, 6.07) is 0. The second kappa shape index (κ2) is 4.96. The second-order valence-corrected chi connectivity index (χ2v) is 5.78. The summed E-state index contributed by atoms with van der Waals surface area (Å²) in [4.78, 5) is 8.26. The van der Waals surface area contributed by atoms with Gasteiger partial charge in [0, 0.05) is 0 Å². The van der Waals surface area contributed by atoms with E-state index in [2.05, 4.69) is 34.0 Å². The largest absolute Gasteiger partial charge is 0.474 e. The monoisotopic (exact) mass is 280 g/mol. The van der Waals surface area contributed by atoms with E-state index in [1.54, 1.807) is 6.20 Å². The number of aromatic nitrogens is 4. The molecule has 3 rings (SSSR count). The van der Waals surface area contributed by atoms with Gasteiger partial charge in [0.15, 0.2) is 5.65 Å². The molecule has 3 unspecified atom stereocenters. The molecule has 1 aliphatic rings. The molecule has 5 nitrogen and oxygen atoms in total. The molecule has 0 spiro atoms. The van der Waals surface area contributed by atoms with Crippen molar-refractivity contribution in [3.05, 3.63) is 11.5 Å². The van der Waals surface area contributed by atoms with Gasteiger partial charge in [0.2, 0.25) is 11.2 Å². The van der Waals surface area contributed by atoms with Crippen molar-refractivity contribution in [3.8, 4) is 5.88 Å². The number of aromatic amines is 1. The molecular weight excluding hydrogens is 264 g/mol. The van der Waals surface area contributed by atoms with E-state index in [9.17, 15) is 0 Å². The van der Waals surface area contributed by atoms with Crippen molar-refractivity contribution in [2.24, 2.45) is 11.8 Å². The normalized spacial score (nSPS) is 27.6. The highest BCUT2D eigenvalue weighted by molar-refractivity contribution is 6.28. The molecule has 1 aliphatic carbocycles. The molecule has 1 fully saturated rings. The van der Waals surface area contributed by atoms with Crippen LogP contribution < -0.4 is 4.74 Å². The summed E-state index contributed by atoms with van der Waals surface area (Å²) < 4.78 is 6.03. The molecule has 102 valence electrons. The zero-order valence-electron chi connectivity index (χ0n) is 11.1. The Bertz CT molecular complexity index is 585. The topological polar surface area (TPSA) is 63.7 Å². The minimum absolute atomic E-state index is 0.184. The van der Waals surface area contributed by atoms with Crippen LogP contribution in [0.15, 0.2) is 6.20 Å². The van der Waals surface area contributed by atoms with E-state index in [1.807, 2.05) is 0 Å². The molecule has 1 saturated carbocycles. The first-order valence-corrected chi connectivity index (χ1v) is 7.04. The fourth-order valence-corrected chi connectivity index (χ4v) is 2.80. The molecular formula is C13H17ClN4O. The van der Waals surface area contributed by atoms with E-state index in [0.29, 0.717) is 17.4 Å². The predicted octanol–water partition coefficient (Wildman–Crippen LogP) is 3.21. The summed E-state index contributed by atoms with van der Waals surface area (Å²) in [6.45, 7) is 4.58. The lowest BCUT2D eigenvalue weighted by Crippen LogP contribution is -2.29. The van der Waals surface area contributed by atoms with E-state index >= 15 is 0 Å².